The molecule has 0 radical (unpaired) electrons. The molecule has 0 fully saturated rings. The molecule has 0 saturated heterocycles. The van der Waals surface area contributed by atoms with Crippen molar-refractivity contribution in [3.63, 3.8) is 0 Å². The van der Waals surface area contributed by atoms with Gasteiger partial charge in [-0.05, 0) is 0 Å². The summed E-state index contributed by atoms with van der Waals surface area (Å²) in [5.74, 6) is 0. The van der Waals surface area contributed by atoms with Gasteiger partial charge in [-0.25, -0.2) is 8.42 Å². The number of hydrogen-bond donors (Lipinski definition) is 1. The second-order valence-electron chi connectivity index (χ2n) is 0.655. The number of thiol groups is 1. The summed E-state index contributed by atoms with van der Waals surface area (Å²) in [6.07, 6.45) is 0. The highest BCUT2D eigenvalue weighted by atomic mass is 32.2. The van der Waals surface area contributed by atoms with Crippen molar-refractivity contribution in [3.8, 4) is 6.07 Å². The molecule has 0 aromatic rings. The molecule has 0 bridgehead atoms. The Bertz CT molecular complexity index is 136. The van der Waals surface area contributed by atoms with Crippen LogP contribution in [0.3, 0.4) is 0 Å². The fraction of sp³-hybridized carbons (Fsp3) is 0.500. The molecule has 0 aliphatic rings. The quantitative estimate of drug-likeness (QED) is 0.478. The zero-order chi connectivity index (χ0) is 5.70. The molecule has 0 atom stereocenters. The second kappa shape index (κ2) is 3.59. The molecule has 4 nitrogen and oxygen atoms in total. The molecule has 0 amide bonds. The molecule has 0 aromatic carbocycles. The number of nitriles is 1. The highest BCUT2D eigenvalue weighted by molar-refractivity contribution is 7.67. The predicted octanol–water partition coefficient (Wildman–Crippen LogP) is -0.947. The van der Waals surface area contributed by atoms with Gasteiger partial charge in [-0.3, -0.25) is 4.18 Å². The van der Waals surface area contributed by atoms with Crippen LogP contribution < -0.4 is 0 Å². The van der Waals surface area contributed by atoms with Crippen LogP contribution in [-0.2, 0) is 15.2 Å². The Kier molecular flexibility index (Phi) is 3.28. The molecule has 7 heavy (non-hydrogen) atoms. The first-order chi connectivity index (χ1) is 3.27. The van der Waals surface area contributed by atoms with Crippen LogP contribution in [0.4, 0.5) is 0 Å². The minimum atomic E-state index is -2.83. The van der Waals surface area contributed by atoms with Crippen LogP contribution in [0, 0.1) is 11.3 Å². The Morgan fingerprint density at radius 3 is 2.43 bits per heavy atom. The summed E-state index contributed by atoms with van der Waals surface area (Å²) in [5.41, 5.74) is 0. The van der Waals surface area contributed by atoms with Crippen molar-refractivity contribution in [1.29, 1.82) is 5.26 Å². The summed E-state index contributed by atoms with van der Waals surface area (Å²) in [4.78, 5) is 0. The van der Waals surface area contributed by atoms with E-state index in [4.69, 9.17) is 5.26 Å². The van der Waals surface area contributed by atoms with Crippen molar-refractivity contribution >= 4 is 11.0 Å². The maximum absolute atomic E-state index is 9.42. The van der Waals surface area contributed by atoms with Gasteiger partial charge in [0.2, 0.25) is 0 Å². The second-order valence-corrected chi connectivity index (χ2v) is 1.36. The van der Waals surface area contributed by atoms with Gasteiger partial charge in [-0.2, -0.15) is 5.26 Å². The lowest BCUT2D eigenvalue weighted by Crippen LogP contribution is -1.85. The van der Waals surface area contributed by atoms with Crippen LogP contribution in [0.2, 0.25) is 0 Å². The minimum absolute atomic E-state index is 0.390. The Morgan fingerprint density at radius 2 is 2.29 bits per heavy atom. The average molecular weight is 121 g/mol. The van der Waals surface area contributed by atoms with Gasteiger partial charge in [0.05, 0.1) is 6.07 Å². The monoisotopic (exact) mass is 121 g/mol. The number of rotatable bonds is 2. The van der Waals surface area contributed by atoms with Gasteiger partial charge >= 0.3 is 0 Å². The highest BCUT2D eigenvalue weighted by Crippen LogP contribution is 1.66. The molecule has 0 N–H and O–H groups in total. The lowest BCUT2D eigenvalue weighted by molar-refractivity contribution is 0.379. The van der Waals surface area contributed by atoms with E-state index in [2.05, 4.69) is 4.18 Å². The zero-order valence-electron chi connectivity index (χ0n) is 3.33. The van der Waals surface area contributed by atoms with Gasteiger partial charge < -0.3 is 0 Å². The van der Waals surface area contributed by atoms with Crippen LogP contribution in [-0.4, -0.2) is 15.0 Å². The standard InChI is InChI=1S/C2H3NO3S/c3-1-2-6-7(4)5/h7H,2H2. The fourth-order valence-electron chi connectivity index (χ4n) is 0.0816. The van der Waals surface area contributed by atoms with Crippen molar-refractivity contribution < 1.29 is 12.6 Å². The summed E-state index contributed by atoms with van der Waals surface area (Å²) < 4.78 is 22.6. The Labute approximate surface area is 42.5 Å². The summed E-state index contributed by atoms with van der Waals surface area (Å²) in [6, 6.07) is 1.49. The van der Waals surface area contributed by atoms with Gasteiger partial charge in [0, 0.05) is 0 Å². The molecule has 0 spiro atoms. The van der Waals surface area contributed by atoms with Crippen LogP contribution >= 0.6 is 0 Å². The molecule has 0 aliphatic carbocycles. The third kappa shape index (κ3) is 5.40. The summed E-state index contributed by atoms with van der Waals surface area (Å²) in [5, 5.41) is 7.67. The predicted molar refractivity (Wildman–Crippen MR) is 21.9 cm³/mol. The van der Waals surface area contributed by atoms with E-state index >= 15 is 0 Å². The smallest absolute Gasteiger partial charge is 0.257 e. The number of hydrogen-bond acceptors (Lipinski definition) is 4. The molecule has 0 unspecified atom stereocenters. The van der Waals surface area contributed by atoms with Gasteiger partial charge in [0.25, 0.3) is 11.0 Å². The first-order valence-corrected chi connectivity index (χ1v) is 2.51. The van der Waals surface area contributed by atoms with E-state index in [1.165, 1.54) is 6.07 Å². The van der Waals surface area contributed by atoms with Gasteiger partial charge in [-0.15, -0.1) is 0 Å². The average Bonchev–Trinajstić information content (AvgIpc) is 1.61. The van der Waals surface area contributed by atoms with E-state index in [-0.39, 0.29) is 0 Å². The molecule has 0 aliphatic heterocycles. The highest BCUT2D eigenvalue weighted by Gasteiger charge is 1.78. The maximum Gasteiger partial charge on any atom is 0.258 e. The van der Waals surface area contributed by atoms with Crippen LogP contribution in [0.15, 0.2) is 0 Å². The largest absolute Gasteiger partial charge is 0.258 e. The summed E-state index contributed by atoms with van der Waals surface area (Å²) in [6.45, 7) is -0.390. The SMILES string of the molecule is N#CCO[SH](=O)=O. The summed E-state index contributed by atoms with van der Waals surface area (Å²) in [7, 11) is -2.83. The maximum atomic E-state index is 9.42. The zero-order valence-corrected chi connectivity index (χ0v) is 4.22. The van der Waals surface area contributed by atoms with Gasteiger partial charge in [0.15, 0.2) is 6.61 Å². The van der Waals surface area contributed by atoms with E-state index in [0.29, 0.717) is 0 Å². The molecule has 5 heteroatoms. The van der Waals surface area contributed by atoms with E-state index in [9.17, 15) is 8.42 Å². The van der Waals surface area contributed by atoms with Crippen molar-refractivity contribution in [2.45, 2.75) is 0 Å². The first-order valence-electron chi connectivity index (χ1n) is 1.41. The lowest BCUT2D eigenvalue weighted by Gasteiger charge is -1.76. The molecule has 0 heterocycles. The molecule has 0 aromatic heterocycles. The van der Waals surface area contributed by atoms with Crippen LogP contribution in [0.25, 0.3) is 0 Å². The van der Waals surface area contributed by atoms with Crippen molar-refractivity contribution in [3.05, 3.63) is 0 Å². The molecule has 0 rings (SSSR count). The molecule has 0 saturated carbocycles. The van der Waals surface area contributed by atoms with Gasteiger partial charge in [0.1, 0.15) is 0 Å². The summed E-state index contributed by atoms with van der Waals surface area (Å²) >= 11 is 0. The molecular formula is C2H3NO3S. The Hall–Kier alpha value is -0.600. The lowest BCUT2D eigenvalue weighted by atomic mass is 10.9. The van der Waals surface area contributed by atoms with E-state index in [0.717, 1.165) is 0 Å². The van der Waals surface area contributed by atoms with Crippen molar-refractivity contribution in [1.82, 2.24) is 0 Å². The minimum Gasteiger partial charge on any atom is -0.257 e. The van der Waals surface area contributed by atoms with Crippen LogP contribution in [0.1, 0.15) is 0 Å². The van der Waals surface area contributed by atoms with E-state index in [1.54, 1.807) is 0 Å². The topological polar surface area (TPSA) is 67.2 Å². The normalized spacial score (nSPS) is 8.57. The Balaban J connectivity index is 3.20. The third-order valence-electron chi connectivity index (χ3n) is 0.235. The molecule has 40 valence electrons. The number of nitrogens with zero attached hydrogens (tertiary/aromatic N) is 1. The first kappa shape index (κ1) is 6.40. The van der Waals surface area contributed by atoms with Crippen molar-refractivity contribution in [2.24, 2.45) is 0 Å². The fourth-order valence-corrected chi connectivity index (χ4v) is 0.245. The Morgan fingerprint density at radius 1 is 1.71 bits per heavy atom. The van der Waals surface area contributed by atoms with E-state index in [1.807, 2.05) is 0 Å². The van der Waals surface area contributed by atoms with Gasteiger partial charge in [-0.1, -0.05) is 0 Å². The van der Waals surface area contributed by atoms with Crippen molar-refractivity contribution in [2.75, 3.05) is 6.61 Å². The molecular weight excluding hydrogens is 118 g/mol. The third-order valence-corrected chi connectivity index (χ3v) is 0.574. The van der Waals surface area contributed by atoms with Crippen LogP contribution in [0.5, 0.6) is 0 Å². The van der Waals surface area contributed by atoms with E-state index < -0.39 is 17.6 Å².